The lowest BCUT2D eigenvalue weighted by Gasteiger charge is -2.35. The summed E-state index contributed by atoms with van der Waals surface area (Å²) >= 11 is 0. The van der Waals surface area contributed by atoms with Crippen molar-refractivity contribution in [3.8, 4) is 0 Å². The Labute approximate surface area is 141 Å². The molecule has 0 saturated carbocycles. The topological polar surface area (TPSA) is 69.7 Å². The Bertz CT molecular complexity index is 359. The van der Waals surface area contributed by atoms with Crippen molar-refractivity contribution in [3.05, 3.63) is 0 Å². The third-order valence-electron chi connectivity index (χ3n) is 4.74. The summed E-state index contributed by atoms with van der Waals surface area (Å²) in [5, 5.41) is 22.6. The van der Waals surface area contributed by atoms with Gasteiger partial charge in [-0.2, -0.15) is 0 Å². The van der Waals surface area contributed by atoms with Gasteiger partial charge in [0.25, 0.3) is 0 Å². The monoisotopic (exact) mass is 328 g/mol. The van der Waals surface area contributed by atoms with Crippen molar-refractivity contribution < 1.29 is 19.8 Å². The molecule has 0 aliphatic carbocycles. The van der Waals surface area contributed by atoms with Crippen LogP contribution in [0.4, 0.5) is 0 Å². The summed E-state index contributed by atoms with van der Waals surface area (Å²) in [6, 6.07) is 0. The molecule has 0 aromatic carbocycles. The predicted octanol–water partition coefficient (Wildman–Crippen LogP) is 4.53. The van der Waals surface area contributed by atoms with Gasteiger partial charge in [-0.3, -0.25) is 4.79 Å². The van der Waals surface area contributed by atoms with Gasteiger partial charge < -0.3 is 9.84 Å². The molecule has 135 valence electrons. The van der Waals surface area contributed by atoms with E-state index in [0.29, 0.717) is 19.4 Å². The van der Waals surface area contributed by atoms with Crippen molar-refractivity contribution in [2.75, 3.05) is 6.61 Å². The Morgan fingerprint density at radius 3 is 2.09 bits per heavy atom. The van der Waals surface area contributed by atoms with Crippen LogP contribution in [0, 0.1) is 0 Å². The quantitative estimate of drug-likeness (QED) is 0.534. The molecule has 1 radical (unpaired) electrons. The number of hydrogen-bond donors (Lipinski definition) is 1. The van der Waals surface area contributed by atoms with Crippen molar-refractivity contribution in [1.82, 2.24) is 5.06 Å². The third kappa shape index (κ3) is 6.40. The van der Waals surface area contributed by atoms with E-state index in [1.165, 1.54) is 24.3 Å². The van der Waals surface area contributed by atoms with Gasteiger partial charge in [0.15, 0.2) is 0 Å². The van der Waals surface area contributed by atoms with E-state index in [9.17, 15) is 10.0 Å². The number of carbonyl (C=O) groups is 1. The van der Waals surface area contributed by atoms with Crippen LogP contribution in [0.15, 0.2) is 0 Å². The Balaban J connectivity index is 2.47. The van der Waals surface area contributed by atoms with E-state index in [0.717, 1.165) is 32.1 Å². The maximum Gasteiger partial charge on any atom is 0.303 e. The molecular formula is C18H34NO4. The van der Waals surface area contributed by atoms with Gasteiger partial charge in [-0.25, -0.2) is 0 Å². The number of hydrogen-bond acceptors (Lipinski definition) is 3. The molecule has 0 bridgehead atoms. The standard InChI is InChI=1S/C18H34NO4/c1-4-5-6-7-10-13-18(14-11-8-9-12-16(20)21)19(22)17(2,3)15-23-18/h4-15H2,1-3H3,(H,20,21). The maximum absolute atomic E-state index is 12.7. The summed E-state index contributed by atoms with van der Waals surface area (Å²) in [6.45, 7) is 6.54. The first-order valence-electron chi connectivity index (χ1n) is 9.17. The molecule has 1 atom stereocenters. The fourth-order valence-electron chi connectivity index (χ4n) is 3.31. The van der Waals surface area contributed by atoms with Crippen LogP contribution in [0.1, 0.15) is 91.4 Å². The highest BCUT2D eigenvalue weighted by Gasteiger charge is 2.51. The zero-order chi connectivity index (χ0) is 17.3. The molecule has 1 aliphatic rings. The maximum atomic E-state index is 12.7. The Hall–Kier alpha value is -0.650. The summed E-state index contributed by atoms with van der Waals surface area (Å²) in [4.78, 5) is 10.6. The second-order valence-corrected chi connectivity index (χ2v) is 7.46. The molecule has 0 amide bonds. The van der Waals surface area contributed by atoms with E-state index >= 15 is 0 Å². The molecule has 1 unspecified atom stereocenters. The molecule has 0 spiro atoms. The fourth-order valence-corrected chi connectivity index (χ4v) is 3.31. The Morgan fingerprint density at radius 1 is 1.04 bits per heavy atom. The normalized spacial score (nSPS) is 24.2. The van der Waals surface area contributed by atoms with Gasteiger partial charge in [-0.1, -0.05) is 39.0 Å². The smallest absolute Gasteiger partial charge is 0.303 e. The van der Waals surface area contributed by atoms with Crippen LogP contribution in [0.5, 0.6) is 0 Å². The van der Waals surface area contributed by atoms with Crippen LogP contribution >= 0.6 is 0 Å². The fraction of sp³-hybridized carbons (Fsp3) is 0.944. The number of hydroxylamine groups is 2. The SMILES string of the molecule is CCCCCCCC1(CCCCCC(=O)O)OCC(C)(C)N1[O]. The van der Waals surface area contributed by atoms with Crippen LogP contribution in [0.3, 0.4) is 0 Å². The molecule has 1 saturated heterocycles. The van der Waals surface area contributed by atoms with Crippen molar-refractivity contribution >= 4 is 5.97 Å². The number of rotatable bonds is 12. The molecule has 1 heterocycles. The average Bonchev–Trinajstić information content (AvgIpc) is 2.71. The van der Waals surface area contributed by atoms with E-state index in [-0.39, 0.29) is 6.42 Å². The predicted molar refractivity (Wildman–Crippen MR) is 89.4 cm³/mol. The number of aliphatic carboxylic acids is 1. The zero-order valence-corrected chi connectivity index (χ0v) is 15.1. The average molecular weight is 328 g/mol. The van der Waals surface area contributed by atoms with Gasteiger partial charge >= 0.3 is 5.97 Å². The number of ether oxygens (including phenoxy) is 1. The second kappa shape index (κ2) is 9.60. The van der Waals surface area contributed by atoms with E-state index in [1.54, 1.807) is 0 Å². The molecule has 23 heavy (non-hydrogen) atoms. The van der Waals surface area contributed by atoms with Crippen molar-refractivity contribution in [1.29, 1.82) is 0 Å². The Morgan fingerprint density at radius 2 is 1.61 bits per heavy atom. The second-order valence-electron chi connectivity index (χ2n) is 7.46. The molecule has 1 aliphatic heterocycles. The third-order valence-corrected chi connectivity index (χ3v) is 4.74. The van der Waals surface area contributed by atoms with Crippen LogP contribution in [0.25, 0.3) is 0 Å². The highest BCUT2D eigenvalue weighted by Crippen LogP contribution is 2.40. The minimum atomic E-state index is -0.751. The molecule has 5 nitrogen and oxygen atoms in total. The van der Waals surface area contributed by atoms with Crippen molar-refractivity contribution in [2.45, 2.75) is 103 Å². The summed E-state index contributed by atoms with van der Waals surface area (Å²) in [7, 11) is 0. The summed E-state index contributed by atoms with van der Waals surface area (Å²) in [5.74, 6) is -0.751. The zero-order valence-electron chi connectivity index (χ0n) is 15.1. The lowest BCUT2D eigenvalue weighted by atomic mass is 9.95. The molecule has 1 rings (SSSR count). The van der Waals surface area contributed by atoms with Gasteiger partial charge in [0.05, 0.1) is 12.1 Å². The van der Waals surface area contributed by atoms with Gasteiger partial charge in [-0.05, 0) is 46.0 Å². The van der Waals surface area contributed by atoms with Crippen LogP contribution < -0.4 is 0 Å². The first kappa shape index (κ1) is 20.4. The molecule has 0 aromatic heterocycles. The summed E-state index contributed by atoms with van der Waals surface area (Å²) < 4.78 is 6.00. The molecule has 1 N–H and O–H groups in total. The highest BCUT2D eigenvalue weighted by molar-refractivity contribution is 5.66. The first-order valence-corrected chi connectivity index (χ1v) is 9.17. The molecular weight excluding hydrogens is 294 g/mol. The molecule has 0 aromatic rings. The minimum Gasteiger partial charge on any atom is -0.481 e. The summed E-state index contributed by atoms with van der Waals surface area (Å²) in [6.07, 6.45) is 9.88. The van der Waals surface area contributed by atoms with E-state index in [4.69, 9.17) is 9.84 Å². The largest absolute Gasteiger partial charge is 0.481 e. The lowest BCUT2D eigenvalue weighted by molar-refractivity contribution is -0.296. The van der Waals surface area contributed by atoms with Crippen LogP contribution in [-0.4, -0.2) is 34.0 Å². The summed E-state index contributed by atoms with van der Waals surface area (Å²) in [5.41, 5.74) is -1.16. The number of nitrogens with zero attached hydrogens (tertiary/aromatic N) is 1. The van der Waals surface area contributed by atoms with E-state index in [1.807, 2.05) is 13.8 Å². The highest BCUT2D eigenvalue weighted by atomic mass is 16.6. The number of carboxylic acids is 1. The van der Waals surface area contributed by atoms with E-state index < -0.39 is 17.2 Å². The van der Waals surface area contributed by atoms with E-state index in [2.05, 4.69) is 6.92 Å². The molecule has 1 fully saturated rings. The minimum absolute atomic E-state index is 0.206. The van der Waals surface area contributed by atoms with Crippen molar-refractivity contribution in [2.24, 2.45) is 0 Å². The van der Waals surface area contributed by atoms with Gasteiger partial charge in [0.1, 0.15) is 5.72 Å². The van der Waals surface area contributed by atoms with Gasteiger partial charge in [0, 0.05) is 6.42 Å². The van der Waals surface area contributed by atoms with Gasteiger partial charge in [-0.15, -0.1) is 10.3 Å². The van der Waals surface area contributed by atoms with Crippen molar-refractivity contribution in [3.63, 3.8) is 0 Å². The number of unbranched alkanes of at least 4 members (excludes halogenated alkanes) is 6. The van der Waals surface area contributed by atoms with Crippen LogP contribution in [0.2, 0.25) is 0 Å². The lowest BCUT2D eigenvalue weighted by Crippen LogP contribution is -2.49. The van der Waals surface area contributed by atoms with Gasteiger partial charge in [0.2, 0.25) is 0 Å². The van der Waals surface area contributed by atoms with Crippen LogP contribution in [-0.2, 0) is 14.7 Å². The Kier molecular flexibility index (Phi) is 8.51. The first-order chi connectivity index (χ1) is 10.8. The number of carboxylic acid groups (broad SMARTS) is 1. The molecule has 5 heteroatoms.